The standard InChI is InChI=1S/C25H23ClN4O5/c26-20-11-15(13-28-23(32)17-7-4-8-18(27)12-17)9-10-19(20)24(33)30-21(25(34)35)14-29-22(31)16-5-2-1-3-6-16/h1-12,21H,13-14,27H2,(H,28,32)(H,29,31)(H,30,33)(H,34,35). The maximum absolute atomic E-state index is 12.6. The molecule has 0 heterocycles. The predicted octanol–water partition coefficient (Wildman–Crippen LogP) is 2.47. The Morgan fingerprint density at radius 3 is 2.17 bits per heavy atom. The lowest BCUT2D eigenvalue weighted by atomic mass is 10.1. The molecule has 0 saturated heterocycles. The molecule has 35 heavy (non-hydrogen) atoms. The lowest BCUT2D eigenvalue weighted by molar-refractivity contribution is -0.139. The molecule has 10 heteroatoms. The van der Waals surface area contributed by atoms with Crippen molar-refractivity contribution in [2.75, 3.05) is 12.3 Å². The van der Waals surface area contributed by atoms with Crippen molar-refractivity contribution in [2.45, 2.75) is 12.6 Å². The van der Waals surface area contributed by atoms with Gasteiger partial charge in [0, 0.05) is 29.9 Å². The molecule has 0 saturated carbocycles. The Morgan fingerprint density at radius 2 is 1.51 bits per heavy atom. The van der Waals surface area contributed by atoms with Crippen molar-refractivity contribution in [3.63, 3.8) is 0 Å². The molecule has 180 valence electrons. The van der Waals surface area contributed by atoms with Crippen LogP contribution in [0.1, 0.15) is 36.6 Å². The summed E-state index contributed by atoms with van der Waals surface area (Å²) < 4.78 is 0. The summed E-state index contributed by atoms with van der Waals surface area (Å²) in [5.41, 5.74) is 7.62. The minimum atomic E-state index is -1.37. The lowest BCUT2D eigenvalue weighted by Crippen LogP contribution is -2.48. The summed E-state index contributed by atoms with van der Waals surface area (Å²) in [5, 5.41) is 17.1. The fourth-order valence-corrected chi connectivity index (χ4v) is 3.43. The van der Waals surface area contributed by atoms with E-state index in [-0.39, 0.29) is 29.6 Å². The number of carboxylic acid groups (broad SMARTS) is 1. The lowest BCUT2D eigenvalue weighted by Gasteiger charge is -2.16. The third kappa shape index (κ3) is 7.05. The highest BCUT2D eigenvalue weighted by atomic mass is 35.5. The van der Waals surface area contributed by atoms with Gasteiger partial charge in [-0.2, -0.15) is 0 Å². The van der Waals surface area contributed by atoms with E-state index in [2.05, 4.69) is 16.0 Å². The second kappa shape index (κ2) is 11.7. The number of carboxylic acids is 1. The third-order valence-corrected chi connectivity index (χ3v) is 5.30. The smallest absolute Gasteiger partial charge is 0.328 e. The van der Waals surface area contributed by atoms with Crippen LogP contribution in [0.4, 0.5) is 5.69 Å². The van der Waals surface area contributed by atoms with Crippen LogP contribution in [0.5, 0.6) is 0 Å². The van der Waals surface area contributed by atoms with Gasteiger partial charge in [0.15, 0.2) is 0 Å². The van der Waals surface area contributed by atoms with E-state index in [1.807, 2.05) is 0 Å². The van der Waals surface area contributed by atoms with Gasteiger partial charge >= 0.3 is 5.97 Å². The topological polar surface area (TPSA) is 151 Å². The number of halogens is 1. The highest BCUT2D eigenvalue weighted by molar-refractivity contribution is 6.34. The number of hydrogen-bond acceptors (Lipinski definition) is 5. The van der Waals surface area contributed by atoms with Gasteiger partial charge in [0.2, 0.25) is 0 Å². The zero-order valence-electron chi connectivity index (χ0n) is 18.5. The Kier molecular flexibility index (Phi) is 8.42. The Labute approximate surface area is 206 Å². The SMILES string of the molecule is Nc1cccc(C(=O)NCc2ccc(C(=O)NC(CNC(=O)c3ccccc3)C(=O)O)c(Cl)c2)c1. The van der Waals surface area contributed by atoms with Gasteiger partial charge in [-0.15, -0.1) is 0 Å². The van der Waals surface area contributed by atoms with Crippen LogP contribution in [0.3, 0.4) is 0 Å². The summed E-state index contributed by atoms with van der Waals surface area (Å²) in [6.07, 6.45) is 0. The minimum Gasteiger partial charge on any atom is -0.480 e. The molecule has 0 aromatic heterocycles. The van der Waals surface area contributed by atoms with Crippen molar-refractivity contribution in [2.24, 2.45) is 0 Å². The monoisotopic (exact) mass is 494 g/mol. The third-order valence-electron chi connectivity index (χ3n) is 4.99. The Bertz CT molecular complexity index is 1250. The normalized spacial score (nSPS) is 11.2. The second-order valence-corrected chi connectivity index (χ2v) is 7.97. The number of hydrogen-bond donors (Lipinski definition) is 5. The Balaban J connectivity index is 1.59. The van der Waals surface area contributed by atoms with Crippen LogP contribution in [-0.2, 0) is 11.3 Å². The van der Waals surface area contributed by atoms with Gasteiger partial charge in [0.1, 0.15) is 6.04 Å². The molecule has 0 radical (unpaired) electrons. The molecule has 0 fully saturated rings. The van der Waals surface area contributed by atoms with Crippen LogP contribution in [-0.4, -0.2) is 41.4 Å². The largest absolute Gasteiger partial charge is 0.480 e. The van der Waals surface area contributed by atoms with Crippen molar-refractivity contribution in [3.05, 3.63) is 100 Å². The number of amides is 3. The van der Waals surface area contributed by atoms with Gasteiger partial charge in [0.25, 0.3) is 17.7 Å². The van der Waals surface area contributed by atoms with E-state index in [1.54, 1.807) is 60.7 Å². The van der Waals surface area contributed by atoms with Crippen LogP contribution >= 0.6 is 11.6 Å². The summed E-state index contributed by atoms with van der Waals surface area (Å²) in [6, 6.07) is 18.0. The number of nitrogens with two attached hydrogens (primary N) is 1. The first kappa shape index (κ1) is 25.3. The summed E-state index contributed by atoms with van der Waals surface area (Å²) in [4.78, 5) is 48.7. The highest BCUT2D eigenvalue weighted by Crippen LogP contribution is 2.18. The first-order chi connectivity index (χ1) is 16.7. The number of rotatable bonds is 9. The van der Waals surface area contributed by atoms with Crippen molar-refractivity contribution in [1.29, 1.82) is 0 Å². The Hall–Kier alpha value is -4.37. The molecule has 9 nitrogen and oxygen atoms in total. The summed E-state index contributed by atoms with van der Waals surface area (Å²) in [5.74, 6) is -2.82. The fraction of sp³-hybridized carbons (Fsp3) is 0.120. The summed E-state index contributed by atoms with van der Waals surface area (Å²) >= 11 is 6.24. The van der Waals surface area contributed by atoms with Gasteiger partial charge in [-0.1, -0.05) is 41.9 Å². The van der Waals surface area contributed by atoms with Gasteiger partial charge in [-0.05, 0) is 48.0 Å². The van der Waals surface area contributed by atoms with Crippen molar-refractivity contribution in [3.8, 4) is 0 Å². The Morgan fingerprint density at radius 1 is 0.829 bits per heavy atom. The van der Waals surface area contributed by atoms with Crippen LogP contribution in [0.25, 0.3) is 0 Å². The predicted molar refractivity (Wildman–Crippen MR) is 131 cm³/mol. The quantitative estimate of drug-likeness (QED) is 0.288. The van der Waals surface area contributed by atoms with Gasteiger partial charge in [0.05, 0.1) is 10.6 Å². The number of nitrogens with one attached hydrogen (secondary N) is 3. The maximum atomic E-state index is 12.6. The van der Waals surface area contributed by atoms with E-state index < -0.39 is 23.8 Å². The molecule has 0 bridgehead atoms. The van der Waals surface area contributed by atoms with Crippen LogP contribution in [0.2, 0.25) is 5.02 Å². The average molecular weight is 495 g/mol. The number of benzene rings is 3. The fourth-order valence-electron chi connectivity index (χ4n) is 3.14. The molecular formula is C25H23ClN4O5. The van der Waals surface area contributed by atoms with E-state index in [0.717, 1.165) is 0 Å². The molecule has 6 N–H and O–H groups in total. The number of carbonyl (C=O) groups excluding carboxylic acids is 3. The maximum Gasteiger partial charge on any atom is 0.328 e. The number of aliphatic carboxylic acids is 1. The van der Waals surface area contributed by atoms with E-state index in [1.165, 1.54) is 12.1 Å². The molecule has 1 unspecified atom stereocenters. The van der Waals surface area contributed by atoms with Crippen LogP contribution in [0, 0.1) is 0 Å². The highest BCUT2D eigenvalue weighted by Gasteiger charge is 2.23. The van der Waals surface area contributed by atoms with E-state index >= 15 is 0 Å². The summed E-state index contributed by atoms with van der Waals surface area (Å²) in [6.45, 7) is -0.168. The molecule has 3 rings (SSSR count). The van der Waals surface area contributed by atoms with E-state index in [0.29, 0.717) is 22.4 Å². The first-order valence-electron chi connectivity index (χ1n) is 10.5. The molecule has 1 atom stereocenters. The molecule has 0 aliphatic rings. The first-order valence-corrected chi connectivity index (χ1v) is 10.9. The molecule has 3 amide bonds. The van der Waals surface area contributed by atoms with E-state index in [9.17, 15) is 24.3 Å². The van der Waals surface area contributed by atoms with Crippen molar-refractivity contribution < 1.29 is 24.3 Å². The number of carbonyl (C=O) groups is 4. The zero-order valence-corrected chi connectivity index (χ0v) is 19.2. The van der Waals surface area contributed by atoms with Crippen molar-refractivity contribution in [1.82, 2.24) is 16.0 Å². The zero-order chi connectivity index (χ0) is 25.4. The van der Waals surface area contributed by atoms with Crippen LogP contribution < -0.4 is 21.7 Å². The number of anilines is 1. The number of nitrogen functional groups attached to an aromatic ring is 1. The molecule has 0 spiro atoms. The van der Waals surface area contributed by atoms with Crippen LogP contribution in [0.15, 0.2) is 72.8 Å². The average Bonchev–Trinajstić information content (AvgIpc) is 2.85. The molecule has 0 aliphatic heterocycles. The molecule has 0 aliphatic carbocycles. The molecule has 3 aromatic carbocycles. The minimum absolute atomic E-state index is 0.0539. The second-order valence-electron chi connectivity index (χ2n) is 7.56. The van der Waals surface area contributed by atoms with E-state index in [4.69, 9.17) is 17.3 Å². The molecular weight excluding hydrogens is 472 g/mol. The van der Waals surface area contributed by atoms with Crippen molar-refractivity contribution >= 4 is 41.0 Å². The molecule has 3 aromatic rings. The van der Waals surface area contributed by atoms with Gasteiger partial charge < -0.3 is 26.8 Å². The van der Waals surface area contributed by atoms with Gasteiger partial charge in [-0.3, -0.25) is 14.4 Å². The summed E-state index contributed by atoms with van der Waals surface area (Å²) in [7, 11) is 0. The van der Waals surface area contributed by atoms with Gasteiger partial charge in [-0.25, -0.2) is 4.79 Å².